The number of fused-ring (bicyclic) bond motifs is 1. The molecule has 1 nitrogen and oxygen atoms in total. The summed E-state index contributed by atoms with van der Waals surface area (Å²) in [7, 11) is 0. The van der Waals surface area contributed by atoms with E-state index in [9.17, 15) is 0 Å². The molecule has 0 saturated heterocycles. The highest BCUT2D eigenvalue weighted by Crippen LogP contribution is 2.23. The van der Waals surface area contributed by atoms with Gasteiger partial charge in [0.05, 0.1) is 0 Å². The maximum Gasteiger partial charge on any atom is 0.0394 e. The Morgan fingerprint density at radius 2 is 1.54 bits per heavy atom. The van der Waals surface area contributed by atoms with Gasteiger partial charge >= 0.3 is 0 Å². The Bertz CT molecular complexity index is 900. The predicted molar refractivity (Wildman–Crippen MR) is 104 cm³/mol. The van der Waals surface area contributed by atoms with Gasteiger partial charge < -0.3 is 0 Å². The van der Waals surface area contributed by atoms with Gasteiger partial charge in [0.15, 0.2) is 0 Å². The molecule has 3 aromatic rings. The fraction of sp³-hybridized carbons (Fsp3) is 0.304. The Kier molecular flexibility index (Phi) is 3.73. The lowest BCUT2D eigenvalue weighted by Gasteiger charge is -2.21. The van der Waals surface area contributed by atoms with Crippen molar-refractivity contribution < 1.29 is 4.11 Å². The molecule has 0 aliphatic rings. The van der Waals surface area contributed by atoms with E-state index in [1.165, 1.54) is 5.56 Å². The van der Waals surface area contributed by atoms with Crippen molar-refractivity contribution >= 4 is 10.8 Å². The molecule has 0 aliphatic carbocycles. The Labute approximate surface area is 150 Å². The van der Waals surface area contributed by atoms with Crippen molar-refractivity contribution in [3.8, 4) is 0 Å². The normalized spacial score (nSPS) is 14.4. The molecule has 3 rings (SSSR count). The van der Waals surface area contributed by atoms with E-state index in [2.05, 4.69) is 51.1 Å². The fourth-order valence-corrected chi connectivity index (χ4v) is 3.02. The molecule has 0 aliphatic heterocycles. The summed E-state index contributed by atoms with van der Waals surface area (Å²) in [5, 5.41) is 2.24. The van der Waals surface area contributed by atoms with Crippen molar-refractivity contribution in [3.05, 3.63) is 83.4 Å². The third-order valence-electron chi connectivity index (χ3n) is 4.43. The summed E-state index contributed by atoms with van der Waals surface area (Å²) in [5.41, 5.74) is 3.39. The maximum absolute atomic E-state index is 8.00. The molecule has 0 bridgehead atoms. The van der Waals surface area contributed by atoms with E-state index in [1.807, 2.05) is 36.4 Å². The SMILES string of the molecule is [2H][13C]([2H])([2H])N(Cc1ccc(C(C)(C)C)cc1)Cc1cccc2ccccc12. The maximum atomic E-state index is 8.00. The smallest absolute Gasteiger partial charge is 0.0394 e. The lowest BCUT2D eigenvalue weighted by Crippen LogP contribution is -2.17. The molecule has 0 radical (unpaired) electrons. The molecule has 0 unspecified atom stereocenters. The summed E-state index contributed by atoms with van der Waals surface area (Å²) in [4.78, 5) is 1.57. The van der Waals surface area contributed by atoms with Crippen molar-refractivity contribution in [2.75, 3.05) is 6.98 Å². The van der Waals surface area contributed by atoms with E-state index in [4.69, 9.17) is 4.11 Å². The third-order valence-corrected chi connectivity index (χ3v) is 4.43. The van der Waals surface area contributed by atoms with E-state index in [0.717, 1.165) is 21.9 Å². The summed E-state index contributed by atoms with van der Waals surface area (Å²) in [5.74, 6) is 0. The molecule has 0 fully saturated rings. The third kappa shape index (κ3) is 3.85. The van der Waals surface area contributed by atoms with E-state index in [-0.39, 0.29) is 5.41 Å². The van der Waals surface area contributed by atoms with Gasteiger partial charge in [-0.2, -0.15) is 0 Å². The largest absolute Gasteiger partial charge is 0.298 e. The minimum absolute atomic E-state index is 0.0885. The van der Waals surface area contributed by atoms with Crippen LogP contribution in [0.2, 0.25) is 0 Å². The van der Waals surface area contributed by atoms with Crippen LogP contribution in [0.15, 0.2) is 66.7 Å². The zero-order chi connectivity index (χ0) is 19.7. The summed E-state index contributed by atoms with van der Waals surface area (Å²) in [6.07, 6.45) is 0. The average Bonchev–Trinajstić information content (AvgIpc) is 2.60. The Morgan fingerprint density at radius 1 is 0.833 bits per heavy atom. The van der Waals surface area contributed by atoms with Gasteiger partial charge in [0.2, 0.25) is 0 Å². The van der Waals surface area contributed by atoms with Crippen LogP contribution in [0.4, 0.5) is 0 Å². The summed E-state index contributed by atoms with van der Waals surface area (Å²) in [6, 6.07) is 22.5. The lowest BCUT2D eigenvalue weighted by molar-refractivity contribution is 0.320. The highest BCUT2D eigenvalue weighted by Gasteiger charge is 2.13. The molecule has 0 aromatic heterocycles. The van der Waals surface area contributed by atoms with Crippen LogP contribution in [0, 0.1) is 0 Å². The molecule has 3 aromatic carbocycles. The van der Waals surface area contributed by atoms with Crippen LogP contribution in [0.3, 0.4) is 0 Å². The minimum atomic E-state index is -2.15. The molecule has 0 heterocycles. The van der Waals surface area contributed by atoms with E-state index < -0.39 is 6.98 Å². The van der Waals surface area contributed by atoms with Crippen LogP contribution in [-0.4, -0.2) is 11.9 Å². The first-order valence-corrected chi connectivity index (χ1v) is 8.46. The van der Waals surface area contributed by atoms with Crippen molar-refractivity contribution in [1.82, 2.24) is 4.90 Å². The van der Waals surface area contributed by atoms with Gasteiger partial charge in [0.25, 0.3) is 0 Å². The van der Waals surface area contributed by atoms with Gasteiger partial charge in [0.1, 0.15) is 0 Å². The predicted octanol–water partition coefficient (Wildman–Crippen LogP) is 5.77. The van der Waals surface area contributed by atoms with Gasteiger partial charge in [-0.1, -0.05) is 87.5 Å². The molecular weight excluding hydrogens is 291 g/mol. The Morgan fingerprint density at radius 3 is 2.25 bits per heavy atom. The number of benzene rings is 3. The molecule has 0 N–H and O–H groups in total. The lowest BCUT2D eigenvalue weighted by atomic mass is 9.87. The van der Waals surface area contributed by atoms with Crippen LogP contribution in [0.25, 0.3) is 10.8 Å². The molecule has 24 heavy (non-hydrogen) atoms. The van der Waals surface area contributed by atoms with Crippen LogP contribution >= 0.6 is 0 Å². The van der Waals surface area contributed by atoms with Gasteiger partial charge in [0, 0.05) is 17.2 Å². The monoisotopic (exact) mass is 321 g/mol. The zero-order valence-electron chi connectivity index (χ0n) is 17.7. The van der Waals surface area contributed by atoms with Gasteiger partial charge in [-0.15, -0.1) is 0 Å². The number of hydrogen-bond donors (Lipinski definition) is 0. The van der Waals surface area contributed by atoms with Gasteiger partial charge in [-0.25, -0.2) is 0 Å². The molecule has 0 saturated carbocycles. The second kappa shape index (κ2) is 6.78. The van der Waals surface area contributed by atoms with E-state index in [0.29, 0.717) is 13.1 Å². The van der Waals surface area contributed by atoms with Gasteiger partial charge in [-0.05, 0) is 39.9 Å². The number of hydrogen-bond acceptors (Lipinski definition) is 1. The number of rotatable bonds is 4. The Hall–Kier alpha value is -2.12. The summed E-state index contributed by atoms with van der Waals surface area (Å²) >= 11 is 0. The summed E-state index contributed by atoms with van der Waals surface area (Å²) in [6.45, 7) is 5.16. The van der Waals surface area contributed by atoms with Crippen LogP contribution in [0.5, 0.6) is 0 Å². The highest BCUT2D eigenvalue weighted by atomic mass is 15.2. The molecule has 0 amide bonds. The molecular formula is C23H27N. The van der Waals surface area contributed by atoms with Crippen molar-refractivity contribution in [1.29, 1.82) is 0 Å². The van der Waals surface area contributed by atoms with E-state index in [1.54, 1.807) is 4.90 Å². The van der Waals surface area contributed by atoms with Crippen molar-refractivity contribution in [2.45, 2.75) is 39.3 Å². The average molecular weight is 321 g/mol. The van der Waals surface area contributed by atoms with Crippen LogP contribution in [0.1, 0.15) is 41.6 Å². The summed E-state index contributed by atoms with van der Waals surface area (Å²) < 4.78 is 24.0. The van der Waals surface area contributed by atoms with Crippen molar-refractivity contribution in [3.63, 3.8) is 0 Å². The first-order chi connectivity index (χ1) is 12.6. The van der Waals surface area contributed by atoms with Crippen LogP contribution in [-0.2, 0) is 18.5 Å². The van der Waals surface area contributed by atoms with Gasteiger partial charge in [-0.3, -0.25) is 4.90 Å². The van der Waals surface area contributed by atoms with Crippen LogP contribution < -0.4 is 0 Å². The molecule has 124 valence electrons. The second-order valence-electron chi connectivity index (χ2n) is 7.44. The highest BCUT2D eigenvalue weighted by molar-refractivity contribution is 5.85. The zero-order valence-corrected chi connectivity index (χ0v) is 14.7. The number of nitrogens with zero attached hydrogens (tertiary/aromatic N) is 1. The fourth-order valence-electron chi connectivity index (χ4n) is 3.02. The Balaban J connectivity index is 1.87. The standard InChI is InChI=1S/C23H27N/c1-23(2,3)21-14-12-18(13-15-21)16-24(4)17-20-10-7-9-19-8-5-6-11-22(19)20/h5-15H,16-17H2,1-4H3/i4+1D3. The first kappa shape index (κ1) is 13.2. The first-order valence-electron chi connectivity index (χ1n) is 9.96. The quantitative estimate of drug-likeness (QED) is 0.551. The van der Waals surface area contributed by atoms with E-state index >= 15 is 0 Å². The second-order valence-corrected chi connectivity index (χ2v) is 7.44. The minimum Gasteiger partial charge on any atom is -0.298 e. The molecule has 1 heteroatoms. The van der Waals surface area contributed by atoms with Crippen molar-refractivity contribution in [2.24, 2.45) is 0 Å². The topological polar surface area (TPSA) is 3.24 Å². The molecule has 0 atom stereocenters. The molecule has 0 spiro atoms.